The normalized spacial score (nSPS) is 19.3. The minimum Gasteiger partial charge on any atom is -0.291 e. The Labute approximate surface area is 81.5 Å². The molecule has 0 fully saturated rings. The van der Waals surface area contributed by atoms with E-state index in [-0.39, 0.29) is 5.54 Å². The fourth-order valence-electron chi connectivity index (χ4n) is 0.856. The molecule has 1 aliphatic heterocycles. The van der Waals surface area contributed by atoms with Crippen LogP contribution in [0.1, 0.15) is 34.6 Å². The lowest BCUT2D eigenvalue weighted by Crippen LogP contribution is -2.19. The van der Waals surface area contributed by atoms with Crippen LogP contribution in [0.4, 0.5) is 0 Å². The topological polar surface area (TPSA) is 24.7 Å². The molecule has 1 aliphatic rings. The molecule has 0 bridgehead atoms. The molecule has 0 aromatic rings. The summed E-state index contributed by atoms with van der Waals surface area (Å²) in [5.74, 6) is 0. The van der Waals surface area contributed by atoms with Crippen molar-refractivity contribution in [1.82, 2.24) is 0 Å². The second-order valence-corrected chi connectivity index (χ2v) is 3.41. The van der Waals surface area contributed by atoms with Crippen molar-refractivity contribution in [2.24, 2.45) is 9.98 Å². The van der Waals surface area contributed by atoms with Gasteiger partial charge in [-0.2, -0.15) is 0 Å². The minimum atomic E-state index is -0.128. The van der Waals surface area contributed by atoms with Gasteiger partial charge in [0.15, 0.2) is 0 Å². The van der Waals surface area contributed by atoms with E-state index in [1.807, 2.05) is 46.2 Å². The van der Waals surface area contributed by atoms with Gasteiger partial charge in [-0.1, -0.05) is 19.4 Å². The number of aliphatic imine (C=N–C) groups is 2. The first-order chi connectivity index (χ1) is 6.10. The Morgan fingerprint density at radius 1 is 1.31 bits per heavy atom. The first kappa shape index (κ1) is 12.1. The SMILES string of the molecule is CC.CC1=CC=NC(C)(C)C=NC1. The summed E-state index contributed by atoms with van der Waals surface area (Å²) in [6, 6.07) is 0. The molecule has 0 aromatic heterocycles. The Hall–Kier alpha value is -0.920. The maximum absolute atomic E-state index is 4.32. The number of hydrogen-bond donors (Lipinski definition) is 0. The zero-order valence-corrected chi connectivity index (χ0v) is 9.33. The van der Waals surface area contributed by atoms with Gasteiger partial charge in [0.05, 0.1) is 12.1 Å². The largest absolute Gasteiger partial charge is 0.291 e. The van der Waals surface area contributed by atoms with Crippen LogP contribution < -0.4 is 0 Å². The molecule has 13 heavy (non-hydrogen) atoms. The van der Waals surface area contributed by atoms with Crippen LogP contribution in [0, 0.1) is 0 Å². The van der Waals surface area contributed by atoms with E-state index >= 15 is 0 Å². The van der Waals surface area contributed by atoms with Gasteiger partial charge in [0.1, 0.15) is 0 Å². The van der Waals surface area contributed by atoms with Crippen molar-refractivity contribution < 1.29 is 0 Å². The standard InChI is InChI=1S/C9H14N2.C2H6/c1-8-4-5-11-9(2,3)7-10-6-8;1-2/h4-5,7H,6H2,1-3H3;1-2H3. The number of hydrogen-bond acceptors (Lipinski definition) is 2. The van der Waals surface area contributed by atoms with Gasteiger partial charge < -0.3 is 0 Å². The zero-order chi connectivity index (χ0) is 10.3. The average molecular weight is 180 g/mol. The second kappa shape index (κ2) is 5.68. The van der Waals surface area contributed by atoms with Crippen molar-refractivity contribution in [3.05, 3.63) is 11.6 Å². The lowest BCUT2D eigenvalue weighted by atomic mass is 10.1. The third-order valence-electron chi connectivity index (χ3n) is 1.51. The van der Waals surface area contributed by atoms with Crippen LogP contribution in [-0.4, -0.2) is 24.5 Å². The Kier molecular flexibility index (Phi) is 5.28. The van der Waals surface area contributed by atoms with Gasteiger partial charge >= 0.3 is 0 Å². The quantitative estimate of drug-likeness (QED) is 0.547. The molecule has 0 saturated carbocycles. The van der Waals surface area contributed by atoms with Gasteiger partial charge in [0, 0.05) is 12.4 Å². The van der Waals surface area contributed by atoms with Gasteiger partial charge in [-0.05, 0) is 26.8 Å². The van der Waals surface area contributed by atoms with E-state index in [0.717, 1.165) is 6.54 Å². The molecule has 0 N–H and O–H groups in total. The molecule has 1 rings (SSSR count). The summed E-state index contributed by atoms with van der Waals surface area (Å²) in [5.41, 5.74) is 1.12. The summed E-state index contributed by atoms with van der Waals surface area (Å²) in [5, 5.41) is 0. The lowest BCUT2D eigenvalue weighted by molar-refractivity contribution is 0.717. The highest BCUT2D eigenvalue weighted by molar-refractivity contribution is 5.79. The van der Waals surface area contributed by atoms with Gasteiger partial charge in [-0.15, -0.1) is 0 Å². The van der Waals surface area contributed by atoms with Gasteiger partial charge in [0.2, 0.25) is 0 Å². The highest BCUT2D eigenvalue weighted by Crippen LogP contribution is 2.07. The predicted molar refractivity (Wildman–Crippen MR) is 61.0 cm³/mol. The molecule has 0 spiro atoms. The van der Waals surface area contributed by atoms with Gasteiger partial charge in [-0.25, -0.2) is 0 Å². The summed E-state index contributed by atoms with van der Waals surface area (Å²) >= 11 is 0. The van der Waals surface area contributed by atoms with Crippen molar-refractivity contribution in [3.8, 4) is 0 Å². The number of nitrogens with zero attached hydrogens (tertiary/aromatic N) is 2. The molecule has 0 aromatic carbocycles. The smallest absolute Gasteiger partial charge is 0.0897 e. The summed E-state index contributed by atoms with van der Waals surface area (Å²) in [6.45, 7) is 10.9. The molecule has 2 nitrogen and oxygen atoms in total. The van der Waals surface area contributed by atoms with Crippen molar-refractivity contribution in [2.75, 3.05) is 6.54 Å². The first-order valence-electron chi connectivity index (χ1n) is 4.82. The van der Waals surface area contributed by atoms with E-state index < -0.39 is 0 Å². The Morgan fingerprint density at radius 3 is 2.54 bits per heavy atom. The van der Waals surface area contributed by atoms with Crippen LogP contribution in [0.3, 0.4) is 0 Å². The van der Waals surface area contributed by atoms with Crippen LogP contribution in [0.5, 0.6) is 0 Å². The summed E-state index contributed by atoms with van der Waals surface area (Å²) in [6.07, 6.45) is 5.78. The van der Waals surface area contributed by atoms with Crippen LogP contribution in [0.25, 0.3) is 0 Å². The molecule has 0 atom stereocenters. The van der Waals surface area contributed by atoms with Crippen molar-refractivity contribution >= 4 is 12.4 Å². The molecule has 0 radical (unpaired) electrons. The highest BCUT2D eigenvalue weighted by atomic mass is 14.9. The van der Waals surface area contributed by atoms with Crippen LogP contribution >= 0.6 is 0 Å². The molecular formula is C11H20N2. The van der Waals surface area contributed by atoms with Gasteiger partial charge in [0.25, 0.3) is 0 Å². The third kappa shape index (κ3) is 5.34. The molecule has 0 saturated heterocycles. The van der Waals surface area contributed by atoms with Crippen LogP contribution in [-0.2, 0) is 0 Å². The van der Waals surface area contributed by atoms with E-state index in [2.05, 4.69) is 16.9 Å². The summed E-state index contributed by atoms with van der Waals surface area (Å²) in [7, 11) is 0. The summed E-state index contributed by atoms with van der Waals surface area (Å²) < 4.78 is 0. The van der Waals surface area contributed by atoms with E-state index in [1.54, 1.807) is 0 Å². The third-order valence-corrected chi connectivity index (χ3v) is 1.51. The van der Waals surface area contributed by atoms with E-state index in [0.29, 0.717) is 0 Å². The molecule has 0 aliphatic carbocycles. The molecular weight excluding hydrogens is 160 g/mol. The molecule has 2 heteroatoms. The van der Waals surface area contributed by atoms with E-state index in [4.69, 9.17) is 0 Å². The maximum Gasteiger partial charge on any atom is 0.0897 e. The minimum absolute atomic E-state index is 0.128. The Bertz CT molecular complexity index is 222. The van der Waals surface area contributed by atoms with Crippen molar-refractivity contribution in [2.45, 2.75) is 40.2 Å². The fraction of sp³-hybridized carbons (Fsp3) is 0.636. The predicted octanol–water partition coefficient (Wildman–Crippen LogP) is 2.89. The molecule has 74 valence electrons. The molecule has 0 unspecified atom stereocenters. The summed E-state index contributed by atoms with van der Waals surface area (Å²) in [4.78, 5) is 8.57. The van der Waals surface area contributed by atoms with Gasteiger partial charge in [-0.3, -0.25) is 9.98 Å². The molecule has 0 amide bonds. The van der Waals surface area contributed by atoms with Crippen molar-refractivity contribution in [1.29, 1.82) is 0 Å². The van der Waals surface area contributed by atoms with E-state index in [9.17, 15) is 0 Å². The lowest BCUT2D eigenvalue weighted by Gasteiger charge is -2.13. The van der Waals surface area contributed by atoms with Crippen molar-refractivity contribution in [3.63, 3.8) is 0 Å². The van der Waals surface area contributed by atoms with E-state index in [1.165, 1.54) is 5.57 Å². The number of allylic oxidation sites excluding steroid dienone is 1. The zero-order valence-electron chi connectivity index (χ0n) is 9.33. The maximum atomic E-state index is 4.32. The second-order valence-electron chi connectivity index (χ2n) is 3.41. The number of rotatable bonds is 0. The Balaban J connectivity index is 0.000000671. The molecule has 1 heterocycles. The highest BCUT2D eigenvalue weighted by Gasteiger charge is 2.11. The monoisotopic (exact) mass is 180 g/mol. The average Bonchev–Trinajstić information content (AvgIpc) is 2.05. The van der Waals surface area contributed by atoms with Crippen LogP contribution in [0.15, 0.2) is 21.6 Å². The Morgan fingerprint density at radius 2 is 1.92 bits per heavy atom. The van der Waals surface area contributed by atoms with Crippen LogP contribution in [0.2, 0.25) is 0 Å². The fourth-order valence-corrected chi connectivity index (χ4v) is 0.856. The first-order valence-corrected chi connectivity index (χ1v) is 4.82.